The molecular weight excluding hydrogens is 357 g/mol. The van der Waals surface area contributed by atoms with E-state index < -0.39 is 0 Å². The van der Waals surface area contributed by atoms with Gasteiger partial charge in [-0.1, -0.05) is 36.4 Å². The second-order valence-corrected chi connectivity index (χ2v) is 8.26. The molecule has 0 bridgehead atoms. The third-order valence-corrected chi connectivity index (χ3v) is 6.42. The standard InChI is InChI=1S/C22H24FN3S/c1-16-13-19(23)8-7-17(16)14-26-11-9-22(10-12-26,18-5-3-2-4-6-18)20-15-27-21(24)25-20/h2-8,13,15H,9-12,14H2,1H3,(H2,24,25). The third-order valence-electron chi connectivity index (χ3n) is 5.75. The van der Waals surface area contributed by atoms with Crippen LogP contribution in [0.4, 0.5) is 9.52 Å². The van der Waals surface area contributed by atoms with E-state index in [0.717, 1.165) is 43.7 Å². The van der Waals surface area contributed by atoms with Crippen molar-refractivity contribution < 1.29 is 4.39 Å². The molecule has 4 rings (SSSR count). The van der Waals surface area contributed by atoms with Crippen molar-refractivity contribution in [2.45, 2.75) is 31.7 Å². The number of piperidine rings is 1. The normalized spacial score (nSPS) is 17.1. The number of nitrogens with zero attached hydrogens (tertiary/aromatic N) is 2. The lowest BCUT2D eigenvalue weighted by atomic mass is 9.70. The van der Waals surface area contributed by atoms with Crippen LogP contribution in [0.15, 0.2) is 53.9 Å². The maximum atomic E-state index is 13.4. The molecule has 2 aromatic carbocycles. The first-order valence-corrected chi connectivity index (χ1v) is 10.2. The minimum absolute atomic E-state index is 0.0796. The molecule has 0 amide bonds. The zero-order valence-corrected chi connectivity index (χ0v) is 16.3. The van der Waals surface area contributed by atoms with Crippen LogP contribution in [0.5, 0.6) is 0 Å². The van der Waals surface area contributed by atoms with Gasteiger partial charge in [-0.25, -0.2) is 9.37 Å². The Morgan fingerprint density at radius 3 is 2.52 bits per heavy atom. The van der Waals surface area contributed by atoms with Crippen molar-refractivity contribution >= 4 is 16.5 Å². The number of aromatic nitrogens is 1. The first kappa shape index (κ1) is 18.1. The molecular formula is C22H24FN3S. The molecule has 140 valence electrons. The molecule has 1 aromatic heterocycles. The largest absolute Gasteiger partial charge is 0.375 e. The molecule has 1 fully saturated rings. The van der Waals surface area contributed by atoms with Crippen molar-refractivity contribution in [3.05, 3.63) is 82.1 Å². The summed E-state index contributed by atoms with van der Waals surface area (Å²) in [5, 5.41) is 2.74. The quantitative estimate of drug-likeness (QED) is 0.709. The SMILES string of the molecule is Cc1cc(F)ccc1CN1CCC(c2ccccc2)(c2csc(N)n2)CC1. The predicted octanol–water partition coefficient (Wildman–Crippen LogP) is 4.75. The van der Waals surface area contributed by atoms with Gasteiger partial charge in [-0.3, -0.25) is 4.90 Å². The van der Waals surface area contributed by atoms with Gasteiger partial charge >= 0.3 is 0 Å². The minimum Gasteiger partial charge on any atom is -0.375 e. The van der Waals surface area contributed by atoms with E-state index in [1.54, 1.807) is 12.1 Å². The smallest absolute Gasteiger partial charge is 0.180 e. The number of thiazole rings is 1. The van der Waals surface area contributed by atoms with Crippen molar-refractivity contribution in [1.82, 2.24) is 9.88 Å². The second-order valence-electron chi connectivity index (χ2n) is 7.37. The number of hydrogen-bond donors (Lipinski definition) is 1. The monoisotopic (exact) mass is 381 g/mol. The number of likely N-dealkylation sites (tertiary alicyclic amines) is 1. The van der Waals surface area contributed by atoms with E-state index in [-0.39, 0.29) is 11.2 Å². The highest BCUT2D eigenvalue weighted by atomic mass is 32.1. The van der Waals surface area contributed by atoms with Crippen LogP contribution in [-0.2, 0) is 12.0 Å². The molecule has 1 aliphatic heterocycles. The Balaban J connectivity index is 1.56. The fourth-order valence-electron chi connectivity index (χ4n) is 4.13. The van der Waals surface area contributed by atoms with Crippen LogP contribution in [0.3, 0.4) is 0 Å². The average Bonchev–Trinajstić information content (AvgIpc) is 3.12. The van der Waals surface area contributed by atoms with Gasteiger partial charge in [0.2, 0.25) is 0 Å². The summed E-state index contributed by atoms with van der Waals surface area (Å²) >= 11 is 1.52. The van der Waals surface area contributed by atoms with E-state index in [1.165, 1.54) is 22.5 Å². The summed E-state index contributed by atoms with van der Waals surface area (Å²) in [5.74, 6) is -0.167. The molecule has 1 saturated heterocycles. The number of rotatable bonds is 4. The highest BCUT2D eigenvalue weighted by Gasteiger charge is 2.39. The summed E-state index contributed by atoms with van der Waals surface area (Å²) in [7, 11) is 0. The summed E-state index contributed by atoms with van der Waals surface area (Å²) in [6, 6.07) is 15.7. The molecule has 0 aliphatic carbocycles. The van der Waals surface area contributed by atoms with E-state index in [4.69, 9.17) is 5.73 Å². The first-order valence-electron chi connectivity index (χ1n) is 9.31. The number of anilines is 1. The van der Waals surface area contributed by atoms with Gasteiger partial charge in [0.1, 0.15) is 5.82 Å². The number of halogens is 1. The lowest BCUT2D eigenvalue weighted by Gasteiger charge is -2.41. The van der Waals surface area contributed by atoms with Crippen molar-refractivity contribution in [3.8, 4) is 0 Å². The van der Waals surface area contributed by atoms with Crippen LogP contribution in [0.25, 0.3) is 0 Å². The molecule has 3 nitrogen and oxygen atoms in total. The van der Waals surface area contributed by atoms with Crippen molar-refractivity contribution in [3.63, 3.8) is 0 Å². The zero-order chi connectivity index (χ0) is 18.9. The van der Waals surface area contributed by atoms with Gasteiger partial charge in [0.25, 0.3) is 0 Å². The van der Waals surface area contributed by atoms with Gasteiger partial charge in [0.05, 0.1) is 5.69 Å². The lowest BCUT2D eigenvalue weighted by molar-refractivity contribution is 0.170. The number of hydrogen-bond acceptors (Lipinski definition) is 4. The molecule has 27 heavy (non-hydrogen) atoms. The molecule has 0 radical (unpaired) electrons. The third kappa shape index (κ3) is 3.62. The first-order chi connectivity index (χ1) is 13.1. The Morgan fingerprint density at radius 2 is 1.89 bits per heavy atom. The number of benzene rings is 2. The summed E-state index contributed by atoms with van der Waals surface area (Å²) in [4.78, 5) is 7.11. The molecule has 0 atom stereocenters. The van der Waals surface area contributed by atoms with E-state index >= 15 is 0 Å². The average molecular weight is 382 g/mol. The number of nitrogens with two attached hydrogens (primary N) is 1. The minimum atomic E-state index is -0.167. The maximum absolute atomic E-state index is 13.4. The highest BCUT2D eigenvalue weighted by Crippen LogP contribution is 2.42. The van der Waals surface area contributed by atoms with Gasteiger partial charge in [-0.15, -0.1) is 11.3 Å². The Hall–Kier alpha value is -2.24. The predicted molar refractivity (Wildman–Crippen MR) is 109 cm³/mol. The molecule has 1 aliphatic rings. The van der Waals surface area contributed by atoms with Crippen LogP contribution < -0.4 is 5.73 Å². The van der Waals surface area contributed by atoms with E-state index in [2.05, 4.69) is 45.6 Å². The lowest BCUT2D eigenvalue weighted by Crippen LogP contribution is -2.43. The summed E-state index contributed by atoms with van der Waals surface area (Å²) in [6.45, 7) is 4.79. The number of nitrogen functional groups attached to an aromatic ring is 1. The molecule has 2 N–H and O–H groups in total. The number of aryl methyl sites for hydroxylation is 1. The van der Waals surface area contributed by atoms with Crippen molar-refractivity contribution in [1.29, 1.82) is 0 Å². The maximum Gasteiger partial charge on any atom is 0.180 e. The Kier molecular flexibility index (Phi) is 4.98. The Morgan fingerprint density at radius 1 is 1.15 bits per heavy atom. The molecule has 0 spiro atoms. The van der Waals surface area contributed by atoms with Crippen molar-refractivity contribution in [2.75, 3.05) is 18.8 Å². The van der Waals surface area contributed by atoms with Crippen LogP contribution in [-0.4, -0.2) is 23.0 Å². The van der Waals surface area contributed by atoms with E-state index in [0.29, 0.717) is 5.13 Å². The van der Waals surface area contributed by atoms with E-state index in [9.17, 15) is 4.39 Å². The molecule has 2 heterocycles. The Bertz CT molecular complexity index is 914. The Labute approximate surface area is 163 Å². The van der Waals surface area contributed by atoms with Crippen LogP contribution in [0.2, 0.25) is 0 Å². The van der Waals surface area contributed by atoms with E-state index in [1.807, 2.05) is 13.0 Å². The highest BCUT2D eigenvalue weighted by molar-refractivity contribution is 7.13. The second kappa shape index (κ2) is 7.41. The van der Waals surface area contributed by atoms with Gasteiger partial charge < -0.3 is 5.73 Å². The van der Waals surface area contributed by atoms with Gasteiger partial charge in [0, 0.05) is 17.3 Å². The van der Waals surface area contributed by atoms with Gasteiger partial charge in [-0.05, 0) is 61.7 Å². The van der Waals surface area contributed by atoms with Gasteiger partial charge in [-0.2, -0.15) is 0 Å². The fourth-order valence-corrected chi connectivity index (χ4v) is 4.79. The summed E-state index contributed by atoms with van der Waals surface area (Å²) in [5.41, 5.74) is 10.5. The molecule has 5 heteroatoms. The fraction of sp³-hybridized carbons (Fsp3) is 0.318. The molecule has 0 saturated carbocycles. The van der Waals surface area contributed by atoms with Crippen LogP contribution >= 0.6 is 11.3 Å². The van der Waals surface area contributed by atoms with Crippen molar-refractivity contribution in [2.24, 2.45) is 0 Å². The topological polar surface area (TPSA) is 42.1 Å². The zero-order valence-electron chi connectivity index (χ0n) is 15.5. The summed E-state index contributed by atoms with van der Waals surface area (Å²) < 4.78 is 13.4. The van der Waals surface area contributed by atoms with Crippen LogP contribution in [0.1, 0.15) is 35.2 Å². The molecule has 0 unspecified atom stereocenters. The van der Waals surface area contributed by atoms with Crippen LogP contribution in [0, 0.1) is 12.7 Å². The molecule has 3 aromatic rings. The van der Waals surface area contributed by atoms with Gasteiger partial charge in [0.15, 0.2) is 5.13 Å². The summed E-state index contributed by atoms with van der Waals surface area (Å²) in [6.07, 6.45) is 2.00.